The zero-order valence-corrected chi connectivity index (χ0v) is 6.59. The maximum Gasteiger partial charge on any atom is 0.0430 e. The lowest BCUT2D eigenvalue weighted by Crippen LogP contribution is -2.21. The third kappa shape index (κ3) is 0.471. The molecule has 2 unspecified atom stereocenters. The molecule has 5 atom stereocenters. The molecule has 54 valence electrons. The number of hydrogen-bond acceptors (Lipinski definition) is 0. The molecule has 0 spiro atoms. The molecule has 0 aliphatic heterocycles. The lowest BCUT2D eigenvalue weighted by atomic mass is 9.87. The van der Waals surface area contributed by atoms with E-state index >= 15 is 0 Å². The minimum atomic E-state index is 0.486. The molecule has 0 amide bonds. The molecule has 1 heteroatoms. The molecular weight excluding hydrogens is 144 g/mol. The highest BCUT2D eigenvalue weighted by Gasteiger charge is 2.52. The molecule has 0 aromatic heterocycles. The van der Waals surface area contributed by atoms with Crippen LogP contribution in [0.25, 0.3) is 0 Å². The van der Waals surface area contributed by atoms with Crippen molar-refractivity contribution < 1.29 is 0 Å². The van der Waals surface area contributed by atoms with Crippen LogP contribution in [0.1, 0.15) is 12.8 Å². The minimum Gasteiger partial charge on any atom is -0.122 e. The Bertz CT molecular complexity index is 197. The summed E-state index contributed by atoms with van der Waals surface area (Å²) in [5.41, 5.74) is 0. The SMILES string of the molecule is Cl[C@@H]1C2C=CC3C[C@@H]1C[C@H]32. The molecule has 2 bridgehead atoms. The van der Waals surface area contributed by atoms with Gasteiger partial charge in [0, 0.05) is 5.38 Å². The van der Waals surface area contributed by atoms with E-state index in [9.17, 15) is 0 Å². The van der Waals surface area contributed by atoms with Crippen LogP contribution in [0.5, 0.6) is 0 Å². The van der Waals surface area contributed by atoms with Gasteiger partial charge in [0.05, 0.1) is 0 Å². The van der Waals surface area contributed by atoms with E-state index in [4.69, 9.17) is 11.6 Å². The van der Waals surface area contributed by atoms with E-state index < -0.39 is 0 Å². The highest BCUT2D eigenvalue weighted by molar-refractivity contribution is 6.21. The average Bonchev–Trinajstić information content (AvgIpc) is 2.43. The number of halogens is 1. The summed E-state index contributed by atoms with van der Waals surface area (Å²) in [4.78, 5) is 0. The molecular formula is C9H11Cl. The fourth-order valence-corrected chi connectivity index (χ4v) is 3.62. The van der Waals surface area contributed by atoms with Gasteiger partial charge in [-0.1, -0.05) is 12.2 Å². The standard InChI is InChI=1S/C9H11Cl/c10-9-6-3-5-1-2-7(9)8(5)4-6/h1-2,5-9H,3-4H2/t5?,6-,7?,8-,9+/m1/s1. The highest BCUT2D eigenvalue weighted by atomic mass is 35.5. The Morgan fingerprint density at radius 3 is 2.80 bits per heavy atom. The summed E-state index contributed by atoms with van der Waals surface area (Å²) >= 11 is 6.25. The zero-order valence-electron chi connectivity index (χ0n) is 5.83. The van der Waals surface area contributed by atoms with Gasteiger partial charge < -0.3 is 0 Å². The van der Waals surface area contributed by atoms with Crippen molar-refractivity contribution in [1.82, 2.24) is 0 Å². The Hall–Kier alpha value is 0.0300. The second-order valence-corrected chi connectivity index (χ2v) is 4.47. The molecule has 10 heavy (non-hydrogen) atoms. The van der Waals surface area contributed by atoms with Crippen molar-refractivity contribution in [1.29, 1.82) is 0 Å². The second-order valence-electron chi connectivity index (χ2n) is 3.97. The normalized spacial score (nSPS) is 62.3. The average molecular weight is 155 g/mol. The quantitative estimate of drug-likeness (QED) is 0.372. The Morgan fingerprint density at radius 1 is 1.20 bits per heavy atom. The maximum absolute atomic E-state index is 6.25. The van der Waals surface area contributed by atoms with Crippen molar-refractivity contribution in [3.63, 3.8) is 0 Å². The number of fused-ring (bicyclic) bond motifs is 1. The summed E-state index contributed by atoms with van der Waals surface area (Å²) in [6.45, 7) is 0. The van der Waals surface area contributed by atoms with Crippen molar-refractivity contribution >= 4 is 11.6 Å². The fourth-order valence-electron chi connectivity index (χ4n) is 3.14. The second kappa shape index (κ2) is 1.61. The first kappa shape index (κ1) is 5.65. The van der Waals surface area contributed by atoms with Gasteiger partial charge in [0.2, 0.25) is 0 Å². The molecule has 0 N–H and O–H groups in total. The first-order chi connectivity index (χ1) is 4.86. The molecule has 0 aromatic rings. The largest absolute Gasteiger partial charge is 0.122 e. The predicted molar refractivity (Wildman–Crippen MR) is 42.0 cm³/mol. The maximum atomic E-state index is 6.25. The van der Waals surface area contributed by atoms with Crippen molar-refractivity contribution in [2.24, 2.45) is 23.7 Å². The predicted octanol–water partition coefficient (Wildman–Crippen LogP) is 2.44. The van der Waals surface area contributed by atoms with Crippen LogP contribution in [0.2, 0.25) is 0 Å². The van der Waals surface area contributed by atoms with Crippen LogP contribution >= 0.6 is 11.6 Å². The van der Waals surface area contributed by atoms with E-state index in [2.05, 4.69) is 12.2 Å². The van der Waals surface area contributed by atoms with Crippen LogP contribution in [-0.4, -0.2) is 5.38 Å². The van der Waals surface area contributed by atoms with Crippen LogP contribution in [0.3, 0.4) is 0 Å². The zero-order chi connectivity index (χ0) is 6.72. The fraction of sp³-hybridized carbons (Fsp3) is 0.778. The van der Waals surface area contributed by atoms with Gasteiger partial charge in [0.25, 0.3) is 0 Å². The molecule has 0 heterocycles. The third-order valence-electron chi connectivity index (χ3n) is 3.59. The Morgan fingerprint density at radius 2 is 2.10 bits per heavy atom. The molecule has 0 aromatic carbocycles. The van der Waals surface area contributed by atoms with Crippen molar-refractivity contribution in [2.45, 2.75) is 18.2 Å². The van der Waals surface area contributed by atoms with Gasteiger partial charge in [0.15, 0.2) is 0 Å². The molecule has 0 radical (unpaired) electrons. The molecule has 3 rings (SSSR count). The van der Waals surface area contributed by atoms with Crippen LogP contribution in [0.15, 0.2) is 12.2 Å². The molecule has 2 saturated carbocycles. The number of allylic oxidation sites excluding steroid dienone is 2. The van der Waals surface area contributed by atoms with Gasteiger partial charge in [-0.05, 0) is 36.5 Å². The lowest BCUT2D eigenvalue weighted by molar-refractivity contribution is 0.361. The molecule has 0 nitrogen and oxygen atoms in total. The van der Waals surface area contributed by atoms with Gasteiger partial charge in [-0.2, -0.15) is 0 Å². The summed E-state index contributed by atoms with van der Waals surface area (Å²) < 4.78 is 0. The smallest absolute Gasteiger partial charge is 0.0430 e. The minimum absolute atomic E-state index is 0.486. The number of rotatable bonds is 0. The summed E-state index contributed by atoms with van der Waals surface area (Å²) in [5.74, 6) is 3.49. The van der Waals surface area contributed by atoms with E-state index in [1.54, 1.807) is 0 Å². The third-order valence-corrected chi connectivity index (χ3v) is 4.24. The summed E-state index contributed by atoms with van der Waals surface area (Å²) in [6.07, 6.45) is 7.56. The van der Waals surface area contributed by atoms with E-state index in [-0.39, 0.29) is 0 Å². The van der Waals surface area contributed by atoms with E-state index in [1.807, 2.05) is 0 Å². The van der Waals surface area contributed by atoms with Gasteiger partial charge in [-0.3, -0.25) is 0 Å². The van der Waals surface area contributed by atoms with Crippen molar-refractivity contribution in [3.05, 3.63) is 12.2 Å². The number of alkyl halides is 1. The topological polar surface area (TPSA) is 0 Å². The first-order valence-electron chi connectivity index (χ1n) is 4.18. The number of hydrogen-bond donors (Lipinski definition) is 0. The molecule has 2 fully saturated rings. The van der Waals surface area contributed by atoms with Gasteiger partial charge in [-0.25, -0.2) is 0 Å². The monoisotopic (exact) mass is 154 g/mol. The lowest BCUT2D eigenvalue weighted by Gasteiger charge is -2.22. The highest BCUT2D eigenvalue weighted by Crippen LogP contribution is 2.58. The van der Waals surface area contributed by atoms with Gasteiger partial charge in [0.1, 0.15) is 0 Å². The van der Waals surface area contributed by atoms with Crippen LogP contribution < -0.4 is 0 Å². The first-order valence-corrected chi connectivity index (χ1v) is 4.62. The Balaban J connectivity index is 2.06. The van der Waals surface area contributed by atoms with Gasteiger partial charge >= 0.3 is 0 Å². The molecule has 3 aliphatic carbocycles. The van der Waals surface area contributed by atoms with E-state index in [1.165, 1.54) is 12.8 Å². The van der Waals surface area contributed by atoms with Crippen LogP contribution in [0, 0.1) is 23.7 Å². The van der Waals surface area contributed by atoms with Crippen molar-refractivity contribution in [2.75, 3.05) is 0 Å². The van der Waals surface area contributed by atoms with Crippen molar-refractivity contribution in [3.8, 4) is 0 Å². The molecule has 3 aliphatic rings. The van der Waals surface area contributed by atoms with E-state index in [0.717, 1.165) is 23.7 Å². The summed E-state index contributed by atoms with van der Waals surface area (Å²) in [6, 6.07) is 0. The Kier molecular flexibility index (Phi) is 0.909. The Labute approximate surface area is 66.3 Å². The summed E-state index contributed by atoms with van der Waals surface area (Å²) in [7, 11) is 0. The van der Waals surface area contributed by atoms with Crippen LogP contribution in [0.4, 0.5) is 0 Å². The summed E-state index contributed by atoms with van der Waals surface area (Å²) in [5, 5.41) is 0.486. The molecule has 0 saturated heterocycles. The van der Waals surface area contributed by atoms with E-state index in [0.29, 0.717) is 5.38 Å². The van der Waals surface area contributed by atoms with Gasteiger partial charge in [-0.15, -0.1) is 11.6 Å². The van der Waals surface area contributed by atoms with Crippen LogP contribution in [-0.2, 0) is 0 Å².